The van der Waals surface area contributed by atoms with Crippen molar-refractivity contribution < 1.29 is 0 Å². The summed E-state index contributed by atoms with van der Waals surface area (Å²) in [6.07, 6.45) is 0. The average Bonchev–Trinajstić information content (AvgIpc) is 3.40. The van der Waals surface area contributed by atoms with Crippen molar-refractivity contribution in [3.05, 3.63) is 139 Å². The molecule has 0 aliphatic heterocycles. The number of hydrogen-bond donors (Lipinski definition) is 0. The number of aromatic nitrogens is 3. The molecule has 7 aromatic rings. The molecule has 0 unspecified atom stereocenters. The van der Waals surface area contributed by atoms with Crippen LogP contribution in [-0.2, 0) is 0 Å². The summed E-state index contributed by atoms with van der Waals surface area (Å²) >= 11 is 0. The molecule has 0 N–H and O–H groups in total. The highest BCUT2D eigenvalue weighted by Crippen LogP contribution is 2.51. The molecule has 6 aromatic carbocycles. The molecule has 4 nitrogen and oxygen atoms in total. The highest BCUT2D eigenvalue weighted by atomic mass is 15.0. The van der Waals surface area contributed by atoms with Crippen LogP contribution in [0.1, 0.15) is 5.56 Å². The molecule has 8 rings (SSSR count). The highest BCUT2D eigenvalue weighted by molar-refractivity contribution is 6.22. The first-order valence-corrected chi connectivity index (χ1v) is 13.9. The Balaban J connectivity index is 1.47. The lowest BCUT2D eigenvalue weighted by atomic mass is 9.90. The molecule has 1 aliphatic rings. The molecule has 0 atom stereocenters. The number of nitriles is 1. The van der Waals surface area contributed by atoms with Gasteiger partial charge in [-0.15, -0.1) is 0 Å². The van der Waals surface area contributed by atoms with Crippen LogP contribution in [0.15, 0.2) is 133 Å². The predicted octanol–water partition coefficient (Wildman–Crippen LogP) is 9.21. The molecule has 194 valence electrons. The van der Waals surface area contributed by atoms with E-state index in [1.54, 1.807) is 0 Å². The van der Waals surface area contributed by atoms with E-state index in [1.807, 2.05) is 78.9 Å². The van der Waals surface area contributed by atoms with Crippen molar-refractivity contribution in [1.82, 2.24) is 15.0 Å². The van der Waals surface area contributed by atoms with Gasteiger partial charge in [-0.1, -0.05) is 115 Å². The fourth-order valence-electron chi connectivity index (χ4n) is 6.01. The molecule has 0 bridgehead atoms. The number of fused-ring (bicyclic) bond motifs is 3. The first-order chi connectivity index (χ1) is 20.8. The van der Waals surface area contributed by atoms with E-state index in [2.05, 4.69) is 60.7 Å². The second-order valence-electron chi connectivity index (χ2n) is 10.3. The minimum atomic E-state index is 0.611. The van der Waals surface area contributed by atoms with E-state index in [9.17, 15) is 5.26 Å². The Bertz CT molecular complexity index is 2110. The van der Waals surface area contributed by atoms with E-state index in [1.165, 1.54) is 27.6 Å². The molecule has 1 aliphatic carbocycles. The lowest BCUT2D eigenvalue weighted by molar-refractivity contribution is 1.08. The highest BCUT2D eigenvalue weighted by Gasteiger charge is 2.26. The molecule has 4 heteroatoms. The van der Waals surface area contributed by atoms with Crippen molar-refractivity contribution in [2.24, 2.45) is 0 Å². The van der Waals surface area contributed by atoms with Gasteiger partial charge < -0.3 is 0 Å². The summed E-state index contributed by atoms with van der Waals surface area (Å²) < 4.78 is 0. The maximum absolute atomic E-state index is 9.67. The summed E-state index contributed by atoms with van der Waals surface area (Å²) in [6.45, 7) is 0. The summed E-state index contributed by atoms with van der Waals surface area (Å²) in [5, 5.41) is 11.9. The van der Waals surface area contributed by atoms with Crippen LogP contribution in [0.5, 0.6) is 0 Å². The van der Waals surface area contributed by atoms with Crippen LogP contribution in [0.4, 0.5) is 0 Å². The van der Waals surface area contributed by atoms with Crippen molar-refractivity contribution in [2.45, 2.75) is 0 Å². The summed E-state index contributed by atoms with van der Waals surface area (Å²) in [5.41, 5.74) is 10.3. The number of hydrogen-bond acceptors (Lipinski definition) is 4. The van der Waals surface area contributed by atoms with Gasteiger partial charge in [0.05, 0.1) is 11.6 Å². The average molecular weight is 535 g/mol. The van der Waals surface area contributed by atoms with Gasteiger partial charge in [0, 0.05) is 22.1 Å². The second-order valence-corrected chi connectivity index (χ2v) is 10.3. The zero-order valence-corrected chi connectivity index (χ0v) is 22.5. The van der Waals surface area contributed by atoms with Crippen molar-refractivity contribution in [1.29, 1.82) is 5.26 Å². The zero-order chi connectivity index (χ0) is 28.0. The Morgan fingerprint density at radius 3 is 1.45 bits per heavy atom. The third-order valence-corrected chi connectivity index (χ3v) is 7.91. The SMILES string of the molecule is N#Cc1cccc(-c2ccc3c4c(ccc(-c5nc(-c6ccccc6)nc(-c6ccccc6)n5)c24)-c2ccccc2-3)c1. The zero-order valence-electron chi connectivity index (χ0n) is 22.5. The van der Waals surface area contributed by atoms with Gasteiger partial charge in [-0.05, 0) is 57.0 Å². The maximum Gasteiger partial charge on any atom is 0.164 e. The van der Waals surface area contributed by atoms with Crippen molar-refractivity contribution in [3.8, 4) is 73.6 Å². The van der Waals surface area contributed by atoms with Crippen molar-refractivity contribution >= 4 is 10.8 Å². The Kier molecular flexibility index (Phi) is 5.48. The molecule has 0 radical (unpaired) electrons. The van der Waals surface area contributed by atoms with Gasteiger partial charge in [0.25, 0.3) is 0 Å². The van der Waals surface area contributed by atoms with Gasteiger partial charge >= 0.3 is 0 Å². The van der Waals surface area contributed by atoms with E-state index in [-0.39, 0.29) is 0 Å². The minimum Gasteiger partial charge on any atom is -0.208 e. The topological polar surface area (TPSA) is 62.5 Å². The summed E-state index contributed by atoms with van der Waals surface area (Å²) in [7, 11) is 0. The van der Waals surface area contributed by atoms with Crippen LogP contribution in [-0.4, -0.2) is 15.0 Å². The number of nitrogens with zero attached hydrogens (tertiary/aromatic N) is 4. The molecule has 0 saturated heterocycles. The Hall–Kier alpha value is -5.92. The fourth-order valence-corrected chi connectivity index (χ4v) is 6.01. The molecular weight excluding hydrogens is 512 g/mol. The molecule has 0 saturated carbocycles. The molecule has 0 fully saturated rings. The molecular formula is C38H22N4. The fraction of sp³-hybridized carbons (Fsp3) is 0. The monoisotopic (exact) mass is 534 g/mol. The maximum atomic E-state index is 9.67. The smallest absolute Gasteiger partial charge is 0.164 e. The third kappa shape index (κ3) is 3.80. The first-order valence-electron chi connectivity index (χ1n) is 13.9. The normalized spacial score (nSPS) is 11.3. The van der Waals surface area contributed by atoms with Crippen LogP contribution in [0.25, 0.3) is 78.3 Å². The summed E-state index contributed by atoms with van der Waals surface area (Å²) in [4.78, 5) is 15.0. The molecule has 0 amide bonds. The molecule has 1 aromatic heterocycles. The largest absolute Gasteiger partial charge is 0.208 e. The van der Waals surface area contributed by atoms with E-state index >= 15 is 0 Å². The quantitative estimate of drug-likeness (QED) is 0.226. The van der Waals surface area contributed by atoms with Gasteiger partial charge in [0.2, 0.25) is 0 Å². The number of rotatable bonds is 4. The van der Waals surface area contributed by atoms with Gasteiger partial charge in [-0.3, -0.25) is 0 Å². The molecule has 42 heavy (non-hydrogen) atoms. The summed E-state index contributed by atoms with van der Waals surface area (Å²) in [6, 6.07) is 47.4. The van der Waals surface area contributed by atoms with E-state index in [4.69, 9.17) is 15.0 Å². The minimum absolute atomic E-state index is 0.611. The Morgan fingerprint density at radius 1 is 0.381 bits per heavy atom. The van der Waals surface area contributed by atoms with Crippen LogP contribution in [0.3, 0.4) is 0 Å². The summed E-state index contributed by atoms with van der Waals surface area (Å²) in [5.74, 6) is 1.86. The van der Waals surface area contributed by atoms with Crippen molar-refractivity contribution in [3.63, 3.8) is 0 Å². The van der Waals surface area contributed by atoms with Crippen LogP contribution in [0, 0.1) is 11.3 Å². The van der Waals surface area contributed by atoms with Crippen LogP contribution >= 0.6 is 0 Å². The van der Waals surface area contributed by atoms with Crippen molar-refractivity contribution in [2.75, 3.05) is 0 Å². The lowest BCUT2D eigenvalue weighted by Gasteiger charge is -2.15. The van der Waals surface area contributed by atoms with E-state index in [0.29, 0.717) is 23.0 Å². The van der Waals surface area contributed by atoms with Crippen LogP contribution < -0.4 is 0 Å². The molecule has 1 heterocycles. The second kappa shape index (κ2) is 9.62. The van der Waals surface area contributed by atoms with E-state index < -0.39 is 0 Å². The van der Waals surface area contributed by atoms with Gasteiger partial charge in [-0.25, -0.2) is 15.0 Å². The molecule has 0 spiro atoms. The van der Waals surface area contributed by atoms with Gasteiger partial charge in [-0.2, -0.15) is 5.26 Å². The lowest BCUT2D eigenvalue weighted by Crippen LogP contribution is -2.01. The van der Waals surface area contributed by atoms with E-state index in [0.717, 1.165) is 33.2 Å². The van der Waals surface area contributed by atoms with Crippen LogP contribution in [0.2, 0.25) is 0 Å². The van der Waals surface area contributed by atoms with Gasteiger partial charge in [0.15, 0.2) is 17.5 Å². The predicted molar refractivity (Wildman–Crippen MR) is 168 cm³/mol. The van der Waals surface area contributed by atoms with Gasteiger partial charge in [0.1, 0.15) is 0 Å². The standard InChI is InChI=1S/C38H22N4/c39-23-24-10-9-15-27(22-24)28-18-19-31-29-16-7-8-17-30(29)32-20-21-33(34(28)35(31)32)38-41-36(25-11-3-1-4-12-25)40-37(42-38)26-13-5-2-6-14-26/h1-22H. The first kappa shape index (κ1) is 23.9. The third-order valence-electron chi connectivity index (χ3n) is 7.91. The Labute approximate surface area is 243 Å². The Morgan fingerprint density at radius 2 is 0.857 bits per heavy atom. The number of benzene rings is 6.